The summed E-state index contributed by atoms with van der Waals surface area (Å²) in [6.07, 6.45) is 0.426. The molecule has 2 aliphatic rings. The summed E-state index contributed by atoms with van der Waals surface area (Å²) < 4.78 is 32.5. The van der Waals surface area contributed by atoms with E-state index < -0.39 is 10.0 Å². The Hall–Kier alpha value is -2.71. The molecule has 0 atom stereocenters. The topological polar surface area (TPSA) is 84.0 Å². The summed E-state index contributed by atoms with van der Waals surface area (Å²) in [5.41, 5.74) is 1.07. The van der Waals surface area contributed by atoms with Crippen molar-refractivity contribution in [2.75, 3.05) is 13.1 Å². The number of amides is 2. The molecule has 4 rings (SSSR count). The minimum atomic E-state index is -3.67. The van der Waals surface area contributed by atoms with Gasteiger partial charge in [0, 0.05) is 25.9 Å². The van der Waals surface area contributed by atoms with Crippen LogP contribution in [0.15, 0.2) is 53.4 Å². The molecule has 2 aromatic rings. The van der Waals surface area contributed by atoms with Crippen LogP contribution in [0.2, 0.25) is 0 Å². The second-order valence-electron chi connectivity index (χ2n) is 7.02. The number of hydrogen-bond acceptors (Lipinski definition) is 5. The zero-order valence-corrected chi connectivity index (χ0v) is 16.2. The maximum absolute atomic E-state index is 12.7. The molecular weight excluding hydrogens is 380 g/mol. The Morgan fingerprint density at radius 1 is 0.929 bits per heavy atom. The van der Waals surface area contributed by atoms with Gasteiger partial charge in [-0.2, -0.15) is 4.31 Å². The van der Waals surface area contributed by atoms with E-state index >= 15 is 0 Å². The average Bonchev–Trinajstić information content (AvgIpc) is 2.93. The molecule has 28 heavy (non-hydrogen) atoms. The second-order valence-corrected chi connectivity index (χ2v) is 8.96. The zero-order chi connectivity index (χ0) is 19.9. The SMILES string of the molecule is Cc1cccc(Oc2ccc(S(=O)(=O)N3CC(N4C(=O)CCC4=O)C3)cc2)c1. The van der Waals surface area contributed by atoms with Crippen molar-refractivity contribution in [1.82, 2.24) is 9.21 Å². The van der Waals surface area contributed by atoms with Gasteiger partial charge in [0.25, 0.3) is 0 Å². The Kier molecular flexibility index (Phi) is 4.68. The van der Waals surface area contributed by atoms with Gasteiger partial charge in [-0.3, -0.25) is 14.5 Å². The van der Waals surface area contributed by atoms with Gasteiger partial charge in [0.15, 0.2) is 0 Å². The predicted molar refractivity (Wildman–Crippen MR) is 101 cm³/mol. The largest absolute Gasteiger partial charge is 0.457 e. The van der Waals surface area contributed by atoms with Crippen molar-refractivity contribution in [3.8, 4) is 11.5 Å². The molecule has 7 nitrogen and oxygen atoms in total. The van der Waals surface area contributed by atoms with Crippen molar-refractivity contribution in [3.05, 3.63) is 54.1 Å². The fraction of sp³-hybridized carbons (Fsp3) is 0.300. The van der Waals surface area contributed by atoms with Gasteiger partial charge in [-0.1, -0.05) is 12.1 Å². The van der Waals surface area contributed by atoms with Crippen molar-refractivity contribution in [2.24, 2.45) is 0 Å². The molecular formula is C20H20N2O5S. The first-order valence-electron chi connectivity index (χ1n) is 9.04. The van der Waals surface area contributed by atoms with Crippen LogP contribution in [0.25, 0.3) is 0 Å². The maximum Gasteiger partial charge on any atom is 0.243 e. The monoisotopic (exact) mass is 400 g/mol. The lowest BCUT2D eigenvalue weighted by Gasteiger charge is -2.41. The number of likely N-dealkylation sites (tertiary alicyclic amines) is 1. The van der Waals surface area contributed by atoms with E-state index in [2.05, 4.69) is 0 Å². The smallest absolute Gasteiger partial charge is 0.243 e. The molecule has 0 unspecified atom stereocenters. The van der Waals surface area contributed by atoms with E-state index in [1.54, 1.807) is 12.1 Å². The van der Waals surface area contributed by atoms with Gasteiger partial charge in [-0.25, -0.2) is 8.42 Å². The average molecular weight is 400 g/mol. The molecule has 0 aromatic heterocycles. The van der Waals surface area contributed by atoms with Gasteiger partial charge in [0.05, 0.1) is 10.9 Å². The molecule has 2 heterocycles. The van der Waals surface area contributed by atoms with Crippen molar-refractivity contribution in [1.29, 1.82) is 0 Å². The quantitative estimate of drug-likeness (QED) is 0.719. The van der Waals surface area contributed by atoms with E-state index in [-0.39, 0.29) is 48.7 Å². The highest BCUT2D eigenvalue weighted by Crippen LogP contribution is 2.29. The highest BCUT2D eigenvalue weighted by molar-refractivity contribution is 7.89. The molecule has 0 N–H and O–H groups in total. The second kappa shape index (κ2) is 7.03. The Morgan fingerprint density at radius 2 is 1.57 bits per heavy atom. The Balaban J connectivity index is 1.42. The first-order valence-corrected chi connectivity index (χ1v) is 10.5. The minimum absolute atomic E-state index is 0.140. The molecule has 146 valence electrons. The first-order chi connectivity index (χ1) is 13.3. The first kappa shape index (κ1) is 18.6. The summed E-state index contributed by atoms with van der Waals surface area (Å²) in [5.74, 6) is 0.787. The van der Waals surface area contributed by atoms with Crippen LogP contribution in [0.3, 0.4) is 0 Å². The lowest BCUT2D eigenvalue weighted by atomic mass is 10.1. The molecule has 0 bridgehead atoms. The number of aryl methyl sites for hydroxylation is 1. The van der Waals surface area contributed by atoms with E-state index in [4.69, 9.17) is 4.74 Å². The van der Waals surface area contributed by atoms with Crippen molar-refractivity contribution in [2.45, 2.75) is 30.7 Å². The molecule has 0 radical (unpaired) electrons. The number of carbonyl (C=O) groups is 2. The lowest BCUT2D eigenvalue weighted by molar-refractivity contribution is -0.143. The lowest BCUT2D eigenvalue weighted by Crippen LogP contribution is -2.62. The fourth-order valence-electron chi connectivity index (χ4n) is 3.42. The summed E-state index contributed by atoms with van der Waals surface area (Å²) >= 11 is 0. The number of ether oxygens (including phenoxy) is 1. The number of carbonyl (C=O) groups excluding carboxylic acids is 2. The molecule has 0 spiro atoms. The third-order valence-electron chi connectivity index (χ3n) is 4.97. The number of benzene rings is 2. The summed E-state index contributed by atoms with van der Waals surface area (Å²) in [4.78, 5) is 24.9. The normalized spacial score (nSPS) is 18.4. The molecule has 2 amide bonds. The fourth-order valence-corrected chi connectivity index (χ4v) is 4.94. The van der Waals surface area contributed by atoms with E-state index in [1.807, 2.05) is 31.2 Å². The number of nitrogens with zero attached hydrogens (tertiary/aromatic N) is 2. The van der Waals surface area contributed by atoms with Crippen LogP contribution in [0.4, 0.5) is 0 Å². The molecule has 8 heteroatoms. The molecule has 2 saturated heterocycles. The standard InChI is InChI=1S/C20H20N2O5S/c1-14-3-2-4-17(11-14)27-16-5-7-18(8-6-16)28(25,26)21-12-15(13-21)22-19(23)9-10-20(22)24/h2-8,11,15H,9-10,12-13H2,1H3. The van der Waals surface area contributed by atoms with Gasteiger partial charge in [0.2, 0.25) is 21.8 Å². The Bertz CT molecular complexity index is 1010. The molecule has 0 aliphatic carbocycles. The third kappa shape index (κ3) is 3.41. The highest BCUT2D eigenvalue weighted by atomic mass is 32.2. The number of hydrogen-bond donors (Lipinski definition) is 0. The van der Waals surface area contributed by atoms with Crippen LogP contribution >= 0.6 is 0 Å². The van der Waals surface area contributed by atoms with Crippen LogP contribution in [-0.4, -0.2) is 48.6 Å². The molecule has 2 fully saturated rings. The minimum Gasteiger partial charge on any atom is -0.457 e. The number of rotatable bonds is 5. The van der Waals surface area contributed by atoms with E-state index in [1.165, 1.54) is 21.3 Å². The van der Waals surface area contributed by atoms with Crippen LogP contribution in [0, 0.1) is 6.92 Å². The molecule has 2 aromatic carbocycles. The van der Waals surface area contributed by atoms with Crippen molar-refractivity contribution < 1.29 is 22.7 Å². The van der Waals surface area contributed by atoms with E-state index in [9.17, 15) is 18.0 Å². The summed E-state index contributed by atoms with van der Waals surface area (Å²) in [6, 6.07) is 13.4. The van der Waals surface area contributed by atoms with Gasteiger partial charge < -0.3 is 4.74 Å². The van der Waals surface area contributed by atoms with Crippen LogP contribution in [-0.2, 0) is 19.6 Å². The number of imide groups is 1. The van der Waals surface area contributed by atoms with Gasteiger partial charge in [0.1, 0.15) is 11.5 Å². The van der Waals surface area contributed by atoms with Gasteiger partial charge in [-0.15, -0.1) is 0 Å². The zero-order valence-electron chi connectivity index (χ0n) is 15.4. The maximum atomic E-state index is 12.7. The van der Waals surface area contributed by atoms with Gasteiger partial charge in [-0.05, 0) is 48.9 Å². The Morgan fingerprint density at radius 3 is 2.18 bits per heavy atom. The van der Waals surface area contributed by atoms with E-state index in [0.29, 0.717) is 11.5 Å². The van der Waals surface area contributed by atoms with Crippen LogP contribution in [0.5, 0.6) is 11.5 Å². The third-order valence-corrected chi connectivity index (χ3v) is 6.82. The van der Waals surface area contributed by atoms with Crippen LogP contribution in [0.1, 0.15) is 18.4 Å². The van der Waals surface area contributed by atoms with E-state index in [0.717, 1.165) is 5.56 Å². The van der Waals surface area contributed by atoms with Gasteiger partial charge >= 0.3 is 0 Å². The highest BCUT2D eigenvalue weighted by Gasteiger charge is 2.45. The predicted octanol–water partition coefficient (Wildman–Crippen LogP) is 2.31. The summed E-state index contributed by atoms with van der Waals surface area (Å²) in [7, 11) is -3.67. The molecule has 0 saturated carbocycles. The Labute approximate surface area is 163 Å². The van der Waals surface area contributed by atoms with Crippen LogP contribution < -0.4 is 4.74 Å². The molecule has 2 aliphatic heterocycles. The van der Waals surface area contributed by atoms with Crippen molar-refractivity contribution >= 4 is 21.8 Å². The van der Waals surface area contributed by atoms with Crippen molar-refractivity contribution in [3.63, 3.8) is 0 Å². The number of sulfonamides is 1. The summed E-state index contributed by atoms with van der Waals surface area (Å²) in [5, 5.41) is 0. The summed E-state index contributed by atoms with van der Waals surface area (Å²) in [6.45, 7) is 2.24.